The van der Waals surface area contributed by atoms with Crippen LogP contribution in [0.3, 0.4) is 0 Å². The number of rotatable bonds is 8. The summed E-state index contributed by atoms with van der Waals surface area (Å²) in [5, 5.41) is 5.71. The SMILES string of the molecule is CCC[C@H](Br)C(=O)Nc1ccccc1NC(=O)[C@@H](Br)CCC. The first-order valence-electron chi connectivity index (χ1n) is 7.48. The highest BCUT2D eigenvalue weighted by atomic mass is 79.9. The van der Waals surface area contributed by atoms with E-state index in [0.717, 1.165) is 25.7 Å². The molecule has 0 spiro atoms. The standard InChI is InChI=1S/C16H22Br2N2O2/c1-3-7-11(17)15(21)19-13-9-5-6-10-14(13)20-16(22)12(18)8-4-2/h5-6,9-12H,3-4,7-8H2,1-2H3,(H,19,21)(H,20,22)/t11-,12-/m0/s1. The van der Waals surface area contributed by atoms with Crippen molar-refractivity contribution in [1.29, 1.82) is 0 Å². The molecule has 2 N–H and O–H groups in total. The van der Waals surface area contributed by atoms with Gasteiger partial charge in [-0.05, 0) is 25.0 Å². The Bertz CT molecular complexity index is 464. The van der Waals surface area contributed by atoms with Crippen LogP contribution in [0, 0.1) is 0 Å². The molecule has 22 heavy (non-hydrogen) atoms. The third kappa shape index (κ3) is 6.08. The molecule has 0 bridgehead atoms. The fraction of sp³-hybridized carbons (Fsp3) is 0.500. The highest BCUT2D eigenvalue weighted by Gasteiger charge is 2.18. The number of hydrogen-bond acceptors (Lipinski definition) is 2. The van der Waals surface area contributed by atoms with Crippen LogP contribution in [0.25, 0.3) is 0 Å². The fourth-order valence-electron chi connectivity index (χ4n) is 1.89. The second-order valence-electron chi connectivity index (χ2n) is 5.04. The van der Waals surface area contributed by atoms with Crippen LogP contribution >= 0.6 is 31.9 Å². The summed E-state index contributed by atoms with van der Waals surface area (Å²) in [6, 6.07) is 7.21. The molecule has 1 aromatic carbocycles. The van der Waals surface area contributed by atoms with E-state index in [4.69, 9.17) is 0 Å². The largest absolute Gasteiger partial charge is 0.323 e. The minimum Gasteiger partial charge on any atom is -0.323 e. The number of alkyl halides is 2. The lowest BCUT2D eigenvalue weighted by molar-refractivity contribution is -0.116. The lowest BCUT2D eigenvalue weighted by Crippen LogP contribution is -2.26. The van der Waals surface area contributed by atoms with E-state index in [1.165, 1.54) is 0 Å². The number of halogens is 2. The van der Waals surface area contributed by atoms with Crippen molar-refractivity contribution in [2.45, 2.75) is 49.2 Å². The van der Waals surface area contributed by atoms with E-state index in [9.17, 15) is 9.59 Å². The van der Waals surface area contributed by atoms with Crippen LogP contribution < -0.4 is 10.6 Å². The smallest absolute Gasteiger partial charge is 0.238 e. The van der Waals surface area contributed by atoms with E-state index < -0.39 is 0 Å². The van der Waals surface area contributed by atoms with Crippen LogP contribution in [0.2, 0.25) is 0 Å². The maximum Gasteiger partial charge on any atom is 0.238 e. The Kier molecular flexibility index (Phi) is 8.71. The number of benzene rings is 1. The molecule has 0 aliphatic carbocycles. The minimum absolute atomic E-state index is 0.104. The van der Waals surface area contributed by atoms with Gasteiger partial charge in [0.25, 0.3) is 0 Å². The summed E-state index contributed by atoms with van der Waals surface area (Å²) in [6.07, 6.45) is 3.37. The molecule has 4 nitrogen and oxygen atoms in total. The van der Waals surface area contributed by atoms with E-state index in [0.29, 0.717) is 11.4 Å². The number of para-hydroxylation sites is 2. The number of anilines is 2. The Morgan fingerprint density at radius 3 is 1.59 bits per heavy atom. The number of carbonyl (C=O) groups is 2. The van der Waals surface area contributed by atoms with Crippen molar-refractivity contribution in [3.8, 4) is 0 Å². The van der Waals surface area contributed by atoms with Gasteiger partial charge in [0, 0.05) is 0 Å². The summed E-state index contributed by atoms with van der Waals surface area (Å²) < 4.78 is 0. The third-order valence-corrected chi connectivity index (χ3v) is 4.84. The van der Waals surface area contributed by atoms with Crippen molar-refractivity contribution in [2.75, 3.05) is 10.6 Å². The van der Waals surface area contributed by atoms with Gasteiger partial charge in [-0.2, -0.15) is 0 Å². The molecule has 6 heteroatoms. The van der Waals surface area contributed by atoms with Crippen molar-refractivity contribution in [3.63, 3.8) is 0 Å². The molecule has 1 rings (SSSR count). The van der Waals surface area contributed by atoms with Crippen LogP contribution in [0.1, 0.15) is 39.5 Å². The number of hydrogen-bond donors (Lipinski definition) is 2. The quantitative estimate of drug-likeness (QED) is 0.584. The predicted octanol–water partition coefficient (Wildman–Crippen LogP) is 4.69. The molecule has 2 amide bonds. The Balaban J connectivity index is 2.77. The van der Waals surface area contributed by atoms with Crippen LogP contribution in [-0.4, -0.2) is 21.5 Å². The van der Waals surface area contributed by atoms with Crippen molar-refractivity contribution in [3.05, 3.63) is 24.3 Å². The normalized spacial score (nSPS) is 13.3. The van der Waals surface area contributed by atoms with Gasteiger partial charge in [0.2, 0.25) is 11.8 Å². The molecule has 0 saturated heterocycles. The second kappa shape index (κ2) is 10.0. The van der Waals surface area contributed by atoms with Gasteiger partial charge in [-0.1, -0.05) is 70.7 Å². The molecule has 0 aliphatic rings. The molecule has 0 fully saturated rings. The highest BCUT2D eigenvalue weighted by molar-refractivity contribution is 9.10. The molecular weight excluding hydrogens is 412 g/mol. The molecule has 0 unspecified atom stereocenters. The topological polar surface area (TPSA) is 58.2 Å². The van der Waals surface area contributed by atoms with E-state index >= 15 is 0 Å². The number of amides is 2. The van der Waals surface area contributed by atoms with Gasteiger partial charge in [0.05, 0.1) is 21.0 Å². The Hall–Kier alpha value is -0.880. The monoisotopic (exact) mass is 432 g/mol. The van der Waals surface area contributed by atoms with Crippen molar-refractivity contribution in [2.24, 2.45) is 0 Å². The van der Waals surface area contributed by atoms with Gasteiger partial charge < -0.3 is 10.6 Å². The van der Waals surface area contributed by atoms with E-state index in [2.05, 4.69) is 42.5 Å². The van der Waals surface area contributed by atoms with Gasteiger partial charge in [-0.25, -0.2) is 0 Å². The average Bonchev–Trinajstić information content (AvgIpc) is 2.49. The van der Waals surface area contributed by atoms with E-state index in [-0.39, 0.29) is 21.5 Å². The summed E-state index contributed by atoms with van der Waals surface area (Å²) >= 11 is 6.75. The third-order valence-electron chi connectivity index (χ3n) is 3.10. The van der Waals surface area contributed by atoms with Crippen LogP contribution in [0.4, 0.5) is 11.4 Å². The summed E-state index contributed by atoms with van der Waals surface area (Å²) in [7, 11) is 0. The van der Waals surface area contributed by atoms with Gasteiger partial charge in [-0.15, -0.1) is 0 Å². The van der Waals surface area contributed by atoms with Crippen LogP contribution in [0.5, 0.6) is 0 Å². The molecule has 0 aromatic heterocycles. The second-order valence-corrected chi connectivity index (χ2v) is 7.25. The van der Waals surface area contributed by atoms with Crippen molar-refractivity contribution < 1.29 is 9.59 Å². The predicted molar refractivity (Wildman–Crippen MR) is 98.9 cm³/mol. The zero-order valence-corrected chi connectivity index (χ0v) is 16.0. The Labute approximate surface area is 148 Å². The van der Waals surface area contributed by atoms with Gasteiger partial charge in [0.15, 0.2) is 0 Å². The maximum atomic E-state index is 12.1. The molecule has 0 radical (unpaired) electrons. The molecule has 122 valence electrons. The number of carbonyl (C=O) groups excluding carboxylic acids is 2. The maximum absolute atomic E-state index is 12.1. The summed E-state index contributed by atoms with van der Waals surface area (Å²) in [4.78, 5) is 23.7. The molecular formula is C16H22Br2N2O2. The summed E-state index contributed by atoms with van der Waals surface area (Å²) in [5.41, 5.74) is 1.22. The molecule has 2 atom stereocenters. The Morgan fingerprint density at radius 2 is 1.27 bits per heavy atom. The number of nitrogens with one attached hydrogen (secondary N) is 2. The van der Waals surface area contributed by atoms with Gasteiger partial charge in [-0.3, -0.25) is 9.59 Å². The summed E-state index contributed by atoms with van der Waals surface area (Å²) in [5.74, 6) is -0.208. The molecule has 0 heterocycles. The van der Waals surface area contributed by atoms with Crippen LogP contribution in [0.15, 0.2) is 24.3 Å². The zero-order valence-electron chi connectivity index (χ0n) is 12.9. The zero-order chi connectivity index (χ0) is 16.5. The first kappa shape index (κ1) is 19.2. The van der Waals surface area contributed by atoms with Gasteiger partial charge in [0.1, 0.15) is 0 Å². The summed E-state index contributed by atoms with van der Waals surface area (Å²) in [6.45, 7) is 4.05. The lowest BCUT2D eigenvalue weighted by Gasteiger charge is -2.15. The molecule has 0 aliphatic heterocycles. The minimum atomic E-state index is -0.231. The first-order valence-corrected chi connectivity index (χ1v) is 9.31. The lowest BCUT2D eigenvalue weighted by atomic mass is 10.2. The van der Waals surface area contributed by atoms with Crippen LogP contribution in [-0.2, 0) is 9.59 Å². The molecule has 1 aromatic rings. The van der Waals surface area contributed by atoms with Crippen molar-refractivity contribution in [1.82, 2.24) is 0 Å². The van der Waals surface area contributed by atoms with E-state index in [1.807, 2.05) is 26.0 Å². The average molecular weight is 434 g/mol. The van der Waals surface area contributed by atoms with Gasteiger partial charge >= 0.3 is 0 Å². The Morgan fingerprint density at radius 1 is 0.909 bits per heavy atom. The van der Waals surface area contributed by atoms with E-state index in [1.54, 1.807) is 12.1 Å². The fourth-order valence-corrected chi connectivity index (χ4v) is 3.04. The molecule has 0 saturated carbocycles. The van der Waals surface area contributed by atoms with Crippen molar-refractivity contribution >= 4 is 55.0 Å². The highest BCUT2D eigenvalue weighted by Crippen LogP contribution is 2.23. The first-order chi connectivity index (χ1) is 10.5.